The number of nitrogens with one attached hydrogen (secondary N) is 3. The van der Waals surface area contributed by atoms with E-state index in [4.69, 9.17) is 5.73 Å². The number of nitrogens with zero attached hydrogens (tertiary/aromatic N) is 1. The molecular weight excluding hydrogens is 387 g/mol. The van der Waals surface area contributed by atoms with Gasteiger partial charge in [-0.2, -0.15) is 0 Å². The number of anilines is 1. The van der Waals surface area contributed by atoms with E-state index in [2.05, 4.69) is 32.1 Å². The summed E-state index contributed by atoms with van der Waals surface area (Å²) in [5, 5.41) is 6.04. The maximum absolute atomic E-state index is 13.9. The van der Waals surface area contributed by atoms with Crippen LogP contribution in [0.1, 0.15) is 25.0 Å². The zero-order chi connectivity index (χ0) is 21.3. The molecule has 154 valence electrons. The molecule has 1 aliphatic heterocycles. The molecule has 0 bridgehead atoms. The minimum absolute atomic E-state index is 0.00503. The molecule has 0 spiro atoms. The van der Waals surface area contributed by atoms with E-state index < -0.39 is 17.5 Å². The Morgan fingerprint density at radius 1 is 1.41 bits per heavy atom. The number of allylic oxidation sites excluding steroid dienone is 3. The lowest BCUT2D eigenvalue weighted by Crippen LogP contribution is -2.39. The van der Waals surface area contributed by atoms with Crippen LogP contribution in [0.5, 0.6) is 0 Å². The van der Waals surface area contributed by atoms with E-state index in [0.717, 1.165) is 18.7 Å². The second-order valence-corrected chi connectivity index (χ2v) is 6.82. The molecule has 1 unspecified atom stereocenters. The third kappa shape index (κ3) is 4.20. The summed E-state index contributed by atoms with van der Waals surface area (Å²) in [6.45, 7) is 6.06. The van der Waals surface area contributed by atoms with Gasteiger partial charge in [-0.15, -0.1) is 0 Å². The molecule has 0 aliphatic carbocycles. The van der Waals surface area contributed by atoms with Gasteiger partial charge in [0.15, 0.2) is 5.76 Å². The normalized spacial score (nSPS) is 16.7. The fourth-order valence-corrected chi connectivity index (χ4v) is 3.04. The highest BCUT2D eigenvalue weighted by molar-refractivity contribution is 5.83. The number of rotatable bonds is 6. The van der Waals surface area contributed by atoms with E-state index in [9.17, 15) is 18.1 Å². The quantitative estimate of drug-likeness (QED) is 0.549. The highest BCUT2D eigenvalue weighted by Crippen LogP contribution is 2.30. The number of benzene rings is 1. The van der Waals surface area contributed by atoms with Gasteiger partial charge in [0, 0.05) is 35.0 Å². The SMILES string of the molecule is C=C(OF)C1NC(C)=CC=C1NCc1cc(C(C)(F)F)cc2c(=O)[nH]c(N)nc12. The highest BCUT2D eigenvalue weighted by atomic mass is 19.3. The molecule has 7 nitrogen and oxygen atoms in total. The second-order valence-electron chi connectivity index (χ2n) is 6.82. The summed E-state index contributed by atoms with van der Waals surface area (Å²) in [5.41, 5.74) is 6.45. The largest absolute Gasteiger partial charge is 0.382 e. The van der Waals surface area contributed by atoms with Crippen molar-refractivity contribution in [3.8, 4) is 0 Å². The van der Waals surface area contributed by atoms with Crippen LogP contribution < -0.4 is 21.9 Å². The molecule has 0 fully saturated rings. The number of hydrogen-bond donors (Lipinski definition) is 4. The Bertz CT molecular complexity index is 1090. The topological polar surface area (TPSA) is 105 Å². The van der Waals surface area contributed by atoms with Gasteiger partial charge in [-0.1, -0.05) is 6.58 Å². The van der Waals surface area contributed by atoms with Gasteiger partial charge >= 0.3 is 0 Å². The van der Waals surface area contributed by atoms with Crippen LogP contribution in [0.25, 0.3) is 10.9 Å². The molecular formula is C19H20F3N5O2. The Labute approximate surface area is 164 Å². The first-order valence-electron chi connectivity index (χ1n) is 8.67. The third-order valence-electron chi connectivity index (χ3n) is 4.51. The van der Waals surface area contributed by atoms with Crippen molar-refractivity contribution in [1.82, 2.24) is 20.6 Å². The van der Waals surface area contributed by atoms with Crippen LogP contribution in [0.15, 0.2) is 52.8 Å². The van der Waals surface area contributed by atoms with Crippen LogP contribution in [0, 0.1) is 0 Å². The first-order valence-corrected chi connectivity index (χ1v) is 8.67. The van der Waals surface area contributed by atoms with Crippen LogP contribution in [0.4, 0.5) is 19.3 Å². The average Bonchev–Trinajstić information content (AvgIpc) is 2.65. The maximum Gasteiger partial charge on any atom is 0.270 e. The lowest BCUT2D eigenvalue weighted by Gasteiger charge is -2.26. The van der Waals surface area contributed by atoms with Crippen molar-refractivity contribution in [2.24, 2.45) is 0 Å². The van der Waals surface area contributed by atoms with E-state index in [-0.39, 0.29) is 34.7 Å². The summed E-state index contributed by atoms with van der Waals surface area (Å²) >= 11 is 0. The molecule has 10 heteroatoms. The van der Waals surface area contributed by atoms with Crippen molar-refractivity contribution in [2.75, 3.05) is 5.73 Å². The Balaban J connectivity index is 2.03. The third-order valence-corrected chi connectivity index (χ3v) is 4.51. The number of aromatic nitrogens is 2. The molecule has 0 amide bonds. The molecule has 1 atom stereocenters. The number of H-pyrrole nitrogens is 1. The Morgan fingerprint density at radius 2 is 2.14 bits per heavy atom. The summed E-state index contributed by atoms with van der Waals surface area (Å²) < 4.78 is 40.6. The summed E-state index contributed by atoms with van der Waals surface area (Å²) in [6, 6.07) is 1.65. The van der Waals surface area contributed by atoms with E-state index in [1.54, 1.807) is 19.1 Å². The predicted molar refractivity (Wildman–Crippen MR) is 103 cm³/mol. The first-order chi connectivity index (χ1) is 13.6. The van der Waals surface area contributed by atoms with Gasteiger partial charge < -0.3 is 16.4 Å². The van der Waals surface area contributed by atoms with Crippen molar-refractivity contribution >= 4 is 16.9 Å². The van der Waals surface area contributed by atoms with Crippen LogP contribution in [-0.4, -0.2) is 16.0 Å². The average molecular weight is 407 g/mol. The summed E-state index contributed by atoms with van der Waals surface area (Å²) in [7, 11) is 0. The lowest BCUT2D eigenvalue weighted by atomic mass is 10.0. The first kappa shape index (κ1) is 20.3. The fourth-order valence-electron chi connectivity index (χ4n) is 3.04. The zero-order valence-electron chi connectivity index (χ0n) is 15.8. The minimum atomic E-state index is -3.17. The molecule has 1 aliphatic rings. The van der Waals surface area contributed by atoms with E-state index in [1.807, 2.05) is 0 Å². The van der Waals surface area contributed by atoms with Gasteiger partial charge in [-0.3, -0.25) is 14.7 Å². The monoisotopic (exact) mass is 407 g/mol. The standard InChI is InChI=1S/C19H20F3N5O2/c1-9-4-5-14(15(25-9)10(2)29-22)24-8-11-6-12(19(3,20)21)7-13-16(11)26-18(23)27-17(13)28/h4-7,15,24-25H,2,8H2,1,3H3,(H3,23,26,27,28). The molecule has 29 heavy (non-hydrogen) atoms. The number of nitrogen functional groups attached to an aromatic ring is 1. The molecule has 0 saturated carbocycles. The Hall–Kier alpha value is -3.43. The second kappa shape index (κ2) is 7.53. The number of nitrogens with two attached hydrogens (primary N) is 1. The number of alkyl halides is 2. The van der Waals surface area contributed by atoms with Crippen molar-refractivity contribution in [2.45, 2.75) is 32.4 Å². The maximum atomic E-state index is 13.9. The van der Waals surface area contributed by atoms with Gasteiger partial charge in [0.05, 0.1) is 10.9 Å². The van der Waals surface area contributed by atoms with Crippen LogP contribution in [-0.2, 0) is 17.4 Å². The van der Waals surface area contributed by atoms with Gasteiger partial charge in [0.1, 0.15) is 6.04 Å². The molecule has 1 aromatic carbocycles. The molecule has 3 rings (SSSR count). The number of hydrogen-bond acceptors (Lipinski definition) is 6. The zero-order valence-corrected chi connectivity index (χ0v) is 15.8. The summed E-state index contributed by atoms with van der Waals surface area (Å²) in [4.78, 5) is 22.4. The van der Waals surface area contributed by atoms with E-state index in [0.29, 0.717) is 11.3 Å². The molecule has 0 radical (unpaired) electrons. The number of fused-ring (bicyclic) bond motifs is 1. The summed E-state index contributed by atoms with van der Waals surface area (Å²) in [6.07, 6.45) is 3.44. The highest BCUT2D eigenvalue weighted by Gasteiger charge is 2.27. The van der Waals surface area contributed by atoms with Crippen molar-refractivity contribution < 1.29 is 18.2 Å². The van der Waals surface area contributed by atoms with Crippen molar-refractivity contribution in [3.63, 3.8) is 0 Å². The molecule has 5 N–H and O–H groups in total. The number of aromatic amines is 1. The minimum Gasteiger partial charge on any atom is -0.382 e. The molecule has 1 aromatic heterocycles. The molecule has 0 saturated heterocycles. The predicted octanol–water partition coefficient (Wildman–Crippen LogP) is 2.88. The summed E-state index contributed by atoms with van der Waals surface area (Å²) in [5.74, 6) is -3.47. The van der Waals surface area contributed by atoms with Gasteiger partial charge in [0.25, 0.3) is 11.5 Å². The van der Waals surface area contributed by atoms with Gasteiger partial charge in [-0.05, 0) is 36.8 Å². The molecule has 2 aromatic rings. The smallest absolute Gasteiger partial charge is 0.270 e. The van der Waals surface area contributed by atoms with Crippen LogP contribution in [0.3, 0.4) is 0 Å². The Kier molecular flexibility index (Phi) is 5.27. The van der Waals surface area contributed by atoms with Crippen molar-refractivity contribution in [3.05, 3.63) is 69.5 Å². The lowest BCUT2D eigenvalue weighted by molar-refractivity contribution is -0.0887. The number of dihydropyridines is 1. The van der Waals surface area contributed by atoms with Gasteiger partial charge in [-0.25, -0.2) is 13.8 Å². The molecule has 2 heterocycles. The van der Waals surface area contributed by atoms with E-state index in [1.165, 1.54) is 6.07 Å². The van der Waals surface area contributed by atoms with Gasteiger partial charge in [0.2, 0.25) is 5.95 Å². The fraction of sp³-hybridized carbons (Fsp3) is 0.263. The number of halogens is 3. The van der Waals surface area contributed by atoms with Crippen LogP contribution >= 0.6 is 0 Å². The van der Waals surface area contributed by atoms with E-state index >= 15 is 0 Å². The van der Waals surface area contributed by atoms with Crippen molar-refractivity contribution in [1.29, 1.82) is 0 Å². The van der Waals surface area contributed by atoms with Crippen LogP contribution in [0.2, 0.25) is 0 Å². The Morgan fingerprint density at radius 3 is 2.79 bits per heavy atom.